The van der Waals surface area contributed by atoms with Crippen LogP contribution in [-0.2, 0) is 19.6 Å². The number of hydrogen-bond acceptors (Lipinski definition) is 4. The van der Waals surface area contributed by atoms with E-state index < -0.39 is 0 Å². The summed E-state index contributed by atoms with van der Waals surface area (Å²) < 4.78 is 1.98. The van der Waals surface area contributed by atoms with Gasteiger partial charge in [0.2, 0.25) is 0 Å². The molecule has 2 aromatic rings. The lowest BCUT2D eigenvalue weighted by molar-refractivity contribution is 0.252. The number of rotatable bonds is 8. The molecule has 0 aliphatic heterocycles. The zero-order valence-corrected chi connectivity index (χ0v) is 13.3. The average Bonchev–Trinajstić information content (AvgIpc) is 2.88. The van der Waals surface area contributed by atoms with Gasteiger partial charge in [-0.05, 0) is 12.0 Å². The largest absolute Gasteiger partial charge is 0.329 e. The van der Waals surface area contributed by atoms with Crippen molar-refractivity contribution in [3.63, 3.8) is 0 Å². The first-order valence-corrected chi connectivity index (χ1v) is 7.16. The molecule has 0 spiro atoms. The lowest BCUT2D eigenvalue weighted by atomic mass is 10.2. The van der Waals surface area contributed by atoms with Crippen molar-refractivity contribution in [3.05, 3.63) is 48.0 Å². The highest BCUT2D eigenvalue weighted by molar-refractivity contribution is 5.85. The lowest BCUT2D eigenvalue weighted by Gasteiger charge is -2.21. The van der Waals surface area contributed by atoms with Crippen molar-refractivity contribution in [1.29, 1.82) is 0 Å². The molecule has 5 nitrogen and oxygen atoms in total. The molecule has 0 radical (unpaired) electrons. The highest BCUT2D eigenvalue weighted by atomic mass is 35.5. The maximum Gasteiger partial charge on any atom is 0.141 e. The van der Waals surface area contributed by atoms with Gasteiger partial charge in [-0.15, -0.1) is 12.4 Å². The Balaban J connectivity index is 0.00000220. The Labute approximate surface area is 132 Å². The summed E-state index contributed by atoms with van der Waals surface area (Å²) in [5, 5.41) is 4.27. The highest BCUT2D eigenvalue weighted by Crippen LogP contribution is 2.08. The molecule has 1 aromatic carbocycles. The third-order valence-corrected chi connectivity index (χ3v) is 3.19. The molecule has 2 rings (SSSR count). The van der Waals surface area contributed by atoms with Crippen molar-refractivity contribution in [3.8, 4) is 0 Å². The van der Waals surface area contributed by atoms with Gasteiger partial charge in [0.1, 0.15) is 12.2 Å². The third kappa shape index (κ3) is 5.46. The van der Waals surface area contributed by atoms with Crippen LogP contribution >= 0.6 is 12.4 Å². The molecular formula is C15H24ClN5. The van der Waals surface area contributed by atoms with Gasteiger partial charge in [0, 0.05) is 26.2 Å². The first-order valence-electron chi connectivity index (χ1n) is 7.16. The van der Waals surface area contributed by atoms with Gasteiger partial charge in [-0.2, -0.15) is 5.10 Å². The Kier molecular flexibility index (Phi) is 7.97. The SMILES string of the molecule is CCCn1ncnc1CN(CCN)Cc1ccccc1.Cl. The van der Waals surface area contributed by atoms with E-state index in [2.05, 4.69) is 46.2 Å². The normalized spacial score (nSPS) is 10.6. The molecule has 0 aliphatic carbocycles. The molecule has 2 N–H and O–H groups in total. The average molecular weight is 310 g/mol. The summed E-state index contributed by atoms with van der Waals surface area (Å²) in [5.41, 5.74) is 7.02. The molecule has 0 bridgehead atoms. The number of benzene rings is 1. The second kappa shape index (κ2) is 9.50. The summed E-state index contributed by atoms with van der Waals surface area (Å²) in [6.07, 6.45) is 2.69. The molecule has 0 atom stereocenters. The minimum atomic E-state index is 0. The van der Waals surface area contributed by atoms with Crippen molar-refractivity contribution >= 4 is 12.4 Å². The van der Waals surface area contributed by atoms with Crippen LogP contribution in [0.4, 0.5) is 0 Å². The van der Waals surface area contributed by atoms with Crippen molar-refractivity contribution in [2.24, 2.45) is 5.73 Å². The number of aryl methyl sites for hydroxylation is 1. The van der Waals surface area contributed by atoms with Crippen molar-refractivity contribution in [1.82, 2.24) is 19.7 Å². The van der Waals surface area contributed by atoms with Gasteiger partial charge in [-0.1, -0.05) is 37.3 Å². The maximum atomic E-state index is 5.72. The predicted octanol–water partition coefficient (Wildman–Crippen LogP) is 2.07. The minimum absolute atomic E-state index is 0. The summed E-state index contributed by atoms with van der Waals surface area (Å²) in [4.78, 5) is 6.68. The fourth-order valence-corrected chi connectivity index (χ4v) is 2.25. The van der Waals surface area contributed by atoms with E-state index in [0.29, 0.717) is 6.54 Å². The summed E-state index contributed by atoms with van der Waals surface area (Å²) >= 11 is 0. The Bertz CT molecular complexity index is 500. The topological polar surface area (TPSA) is 60.0 Å². The second-order valence-corrected chi connectivity index (χ2v) is 4.88. The zero-order chi connectivity index (χ0) is 14.2. The van der Waals surface area contributed by atoms with Gasteiger partial charge in [-0.3, -0.25) is 4.90 Å². The van der Waals surface area contributed by atoms with Crippen LogP contribution in [0.15, 0.2) is 36.7 Å². The number of nitrogens with zero attached hydrogens (tertiary/aromatic N) is 4. The van der Waals surface area contributed by atoms with E-state index in [0.717, 1.165) is 38.4 Å². The van der Waals surface area contributed by atoms with E-state index in [1.54, 1.807) is 6.33 Å². The number of hydrogen-bond donors (Lipinski definition) is 1. The quantitative estimate of drug-likeness (QED) is 0.811. The molecule has 6 heteroatoms. The number of halogens is 1. The van der Waals surface area contributed by atoms with Gasteiger partial charge in [-0.25, -0.2) is 9.67 Å². The summed E-state index contributed by atoms with van der Waals surface area (Å²) in [5.74, 6) is 1.01. The molecule has 0 saturated carbocycles. The summed E-state index contributed by atoms with van der Waals surface area (Å²) in [6.45, 7) is 6.23. The predicted molar refractivity (Wildman–Crippen MR) is 87.2 cm³/mol. The van der Waals surface area contributed by atoms with E-state index in [-0.39, 0.29) is 12.4 Å². The van der Waals surface area contributed by atoms with Crippen LogP contribution in [-0.4, -0.2) is 32.8 Å². The van der Waals surface area contributed by atoms with Crippen molar-refractivity contribution in [2.75, 3.05) is 13.1 Å². The molecule has 1 aromatic heterocycles. The van der Waals surface area contributed by atoms with Gasteiger partial charge in [0.25, 0.3) is 0 Å². The van der Waals surface area contributed by atoms with E-state index >= 15 is 0 Å². The molecule has 116 valence electrons. The summed E-state index contributed by atoms with van der Waals surface area (Å²) in [6, 6.07) is 10.4. The molecule has 0 amide bonds. The lowest BCUT2D eigenvalue weighted by Crippen LogP contribution is -2.30. The van der Waals surface area contributed by atoms with Gasteiger partial charge in [0.15, 0.2) is 0 Å². The van der Waals surface area contributed by atoms with Crippen LogP contribution in [0.5, 0.6) is 0 Å². The summed E-state index contributed by atoms with van der Waals surface area (Å²) in [7, 11) is 0. The Morgan fingerprint density at radius 1 is 1.19 bits per heavy atom. The molecule has 0 aliphatic rings. The fourth-order valence-electron chi connectivity index (χ4n) is 2.25. The van der Waals surface area contributed by atoms with E-state index in [9.17, 15) is 0 Å². The van der Waals surface area contributed by atoms with Crippen LogP contribution in [0.25, 0.3) is 0 Å². The first kappa shape index (κ1) is 17.6. The number of aromatic nitrogens is 3. The third-order valence-electron chi connectivity index (χ3n) is 3.19. The molecule has 0 saturated heterocycles. The van der Waals surface area contributed by atoms with E-state index in [1.807, 2.05) is 10.7 Å². The van der Waals surface area contributed by atoms with Crippen LogP contribution in [0.3, 0.4) is 0 Å². The smallest absolute Gasteiger partial charge is 0.141 e. The van der Waals surface area contributed by atoms with E-state index in [1.165, 1.54) is 5.56 Å². The Morgan fingerprint density at radius 3 is 2.62 bits per heavy atom. The zero-order valence-electron chi connectivity index (χ0n) is 12.5. The van der Waals surface area contributed by atoms with Gasteiger partial charge >= 0.3 is 0 Å². The van der Waals surface area contributed by atoms with Crippen LogP contribution in [0.1, 0.15) is 24.7 Å². The van der Waals surface area contributed by atoms with Crippen LogP contribution in [0.2, 0.25) is 0 Å². The minimum Gasteiger partial charge on any atom is -0.329 e. The van der Waals surface area contributed by atoms with E-state index in [4.69, 9.17) is 5.73 Å². The van der Waals surface area contributed by atoms with Crippen LogP contribution < -0.4 is 5.73 Å². The van der Waals surface area contributed by atoms with Crippen LogP contribution in [0, 0.1) is 0 Å². The Morgan fingerprint density at radius 2 is 1.95 bits per heavy atom. The number of nitrogens with two attached hydrogens (primary N) is 1. The van der Waals surface area contributed by atoms with Crippen molar-refractivity contribution in [2.45, 2.75) is 33.0 Å². The standard InChI is InChI=1S/C15H23N5.ClH/c1-2-9-20-15(17-13-18-20)12-19(10-8-16)11-14-6-4-3-5-7-14;/h3-7,13H,2,8-12,16H2,1H3;1H. The molecular weight excluding hydrogens is 286 g/mol. The molecule has 0 fully saturated rings. The molecule has 0 unspecified atom stereocenters. The fraction of sp³-hybridized carbons (Fsp3) is 0.467. The Hall–Kier alpha value is -1.43. The first-order chi connectivity index (χ1) is 9.83. The highest BCUT2D eigenvalue weighted by Gasteiger charge is 2.10. The van der Waals surface area contributed by atoms with Crippen molar-refractivity contribution < 1.29 is 0 Å². The van der Waals surface area contributed by atoms with Gasteiger partial charge < -0.3 is 5.73 Å². The second-order valence-electron chi connectivity index (χ2n) is 4.88. The molecule has 21 heavy (non-hydrogen) atoms. The molecule has 1 heterocycles. The monoisotopic (exact) mass is 309 g/mol. The van der Waals surface area contributed by atoms with Gasteiger partial charge in [0.05, 0.1) is 6.54 Å². The maximum absolute atomic E-state index is 5.72.